The van der Waals surface area contributed by atoms with E-state index in [0.717, 1.165) is 23.6 Å². The van der Waals surface area contributed by atoms with Crippen molar-refractivity contribution in [3.05, 3.63) is 21.4 Å². The van der Waals surface area contributed by atoms with Crippen LogP contribution in [0, 0.1) is 5.92 Å². The molecule has 3 nitrogen and oxygen atoms in total. The molecule has 1 amide bonds. The largest absolute Gasteiger partial charge is 0.348 e. The SMILES string of the molecule is CC1CCc2sc(C(=O)N[C@@H](C)CN)cc2C1. The van der Waals surface area contributed by atoms with Crippen LogP contribution in [0.3, 0.4) is 0 Å². The lowest BCUT2D eigenvalue weighted by atomic mass is 9.90. The number of aryl methyl sites for hydroxylation is 1. The third-order valence-electron chi connectivity index (χ3n) is 3.28. The average Bonchev–Trinajstić information content (AvgIpc) is 2.71. The number of rotatable bonds is 3. The van der Waals surface area contributed by atoms with E-state index in [1.54, 1.807) is 11.3 Å². The first-order valence-electron chi connectivity index (χ1n) is 6.22. The molecule has 1 aromatic rings. The number of hydrogen-bond acceptors (Lipinski definition) is 3. The number of nitrogens with two attached hydrogens (primary N) is 1. The van der Waals surface area contributed by atoms with Crippen molar-refractivity contribution in [2.45, 2.75) is 39.2 Å². The van der Waals surface area contributed by atoms with Gasteiger partial charge in [-0.3, -0.25) is 4.79 Å². The first-order valence-corrected chi connectivity index (χ1v) is 7.04. The van der Waals surface area contributed by atoms with E-state index in [1.165, 1.54) is 16.9 Å². The second-order valence-electron chi connectivity index (χ2n) is 5.02. The van der Waals surface area contributed by atoms with Crippen molar-refractivity contribution < 1.29 is 4.79 Å². The Bertz CT molecular complexity index is 414. The van der Waals surface area contributed by atoms with Crippen LogP contribution in [0.2, 0.25) is 0 Å². The normalized spacial score (nSPS) is 20.8. The minimum absolute atomic E-state index is 0.0232. The summed E-state index contributed by atoms with van der Waals surface area (Å²) in [6.07, 6.45) is 3.49. The van der Waals surface area contributed by atoms with Crippen LogP contribution in [0.25, 0.3) is 0 Å². The van der Waals surface area contributed by atoms with Crippen LogP contribution in [0.1, 0.15) is 40.4 Å². The van der Waals surface area contributed by atoms with Gasteiger partial charge in [0, 0.05) is 17.5 Å². The van der Waals surface area contributed by atoms with Gasteiger partial charge in [-0.1, -0.05) is 6.92 Å². The van der Waals surface area contributed by atoms with Crippen molar-refractivity contribution in [1.29, 1.82) is 0 Å². The number of fused-ring (bicyclic) bond motifs is 1. The molecule has 2 atom stereocenters. The molecule has 1 aliphatic carbocycles. The molecule has 2 rings (SSSR count). The molecule has 3 N–H and O–H groups in total. The van der Waals surface area contributed by atoms with Crippen LogP contribution in [0.15, 0.2) is 6.07 Å². The third-order valence-corrected chi connectivity index (χ3v) is 4.52. The van der Waals surface area contributed by atoms with Gasteiger partial charge >= 0.3 is 0 Å². The summed E-state index contributed by atoms with van der Waals surface area (Å²) in [4.78, 5) is 14.2. The van der Waals surface area contributed by atoms with Gasteiger partial charge in [-0.25, -0.2) is 0 Å². The van der Waals surface area contributed by atoms with Crippen molar-refractivity contribution in [1.82, 2.24) is 5.32 Å². The molecule has 0 aliphatic heterocycles. The number of thiophene rings is 1. The molecular formula is C13H20N2OS. The third kappa shape index (κ3) is 2.87. The van der Waals surface area contributed by atoms with Gasteiger partial charge in [0.2, 0.25) is 0 Å². The first-order chi connectivity index (χ1) is 8.10. The summed E-state index contributed by atoms with van der Waals surface area (Å²) in [5.41, 5.74) is 6.88. The van der Waals surface area contributed by atoms with E-state index in [2.05, 4.69) is 18.3 Å². The Morgan fingerprint density at radius 2 is 2.47 bits per heavy atom. The number of nitrogens with one attached hydrogen (secondary N) is 1. The fraction of sp³-hybridized carbons (Fsp3) is 0.615. The zero-order valence-corrected chi connectivity index (χ0v) is 11.3. The molecule has 0 bridgehead atoms. The zero-order chi connectivity index (χ0) is 12.4. The maximum Gasteiger partial charge on any atom is 0.261 e. The summed E-state index contributed by atoms with van der Waals surface area (Å²) in [7, 11) is 0. The Morgan fingerprint density at radius 1 is 1.71 bits per heavy atom. The molecule has 0 saturated carbocycles. The van der Waals surface area contributed by atoms with Crippen LogP contribution in [-0.2, 0) is 12.8 Å². The number of carbonyl (C=O) groups is 1. The Kier molecular flexibility index (Phi) is 3.84. The zero-order valence-electron chi connectivity index (χ0n) is 10.5. The molecule has 4 heteroatoms. The summed E-state index contributed by atoms with van der Waals surface area (Å²) in [5.74, 6) is 0.769. The predicted molar refractivity (Wildman–Crippen MR) is 71.5 cm³/mol. The van der Waals surface area contributed by atoms with Gasteiger partial charge < -0.3 is 11.1 Å². The molecule has 0 saturated heterocycles. The van der Waals surface area contributed by atoms with Crippen LogP contribution in [-0.4, -0.2) is 18.5 Å². The molecule has 1 heterocycles. The monoisotopic (exact) mass is 252 g/mol. The van der Waals surface area contributed by atoms with Crippen molar-refractivity contribution in [3.8, 4) is 0 Å². The van der Waals surface area contributed by atoms with Gasteiger partial charge in [-0.05, 0) is 43.7 Å². The Labute approximate surface area is 106 Å². The first kappa shape index (κ1) is 12.6. The second kappa shape index (κ2) is 5.19. The Balaban J connectivity index is 2.10. The van der Waals surface area contributed by atoms with Gasteiger partial charge in [0.15, 0.2) is 0 Å². The summed E-state index contributed by atoms with van der Waals surface area (Å²) < 4.78 is 0. The number of carbonyl (C=O) groups excluding carboxylic acids is 1. The minimum Gasteiger partial charge on any atom is -0.348 e. The van der Waals surface area contributed by atoms with Gasteiger partial charge in [-0.15, -0.1) is 11.3 Å². The maximum atomic E-state index is 12.0. The van der Waals surface area contributed by atoms with Crippen molar-refractivity contribution in [2.24, 2.45) is 11.7 Å². The topological polar surface area (TPSA) is 55.1 Å². The van der Waals surface area contributed by atoms with E-state index in [9.17, 15) is 4.79 Å². The summed E-state index contributed by atoms with van der Waals surface area (Å²) in [6, 6.07) is 2.11. The van der Waals surface area contributed by atoms with E-state index < -0.39 is 0 Å². The lowest BCUT2D eigenvalue weighted by molar-refractivity contribution is 0.0945. The minimum atomic E-state index is 0.0232. The van der Waals surface area contributed by atoms with Gasteiger partial charge in [0.05, 0.1) is 4.88 Å². The molecular weight excluding hydrogens is 232 g/mol. The molecule has 1 aliphatic rings. The summed E-state index contributed by atoms with van der Waals surface area (Å²) >= 11 is 1.65. The molecule has 1 unspecified atom stereocenters. The van der Waals surface area contributed by atoms with E-state index in [0.29, 0.717) is 6.54 Å². The quantitative estimate of drug-likeness (QED) is 0.864. The van der Waals surface area contributed by atoms with E-state index in [1.807, 2.05) is 6.92 Å². The molecule has 0 aromatic carbocycles. The highest BCUT2D eigenvalue weighted by Crippen LogP contribution is 2.32. The van der Waals surface area contributed by atoms with Crippen LogP contribution in [0.4, 0.5) is 0 Å². The van der Waals surface area contributed by atoms with Crippen molar-refractivity contribution in [2.75, 3.05) is 6.54 Å². The van der Waals surface area contributed by atoms with Gasteiger partial charge in [-0.2, -0.15) is 0 Å². The van der Waals surface area contributed by atoms with Crippen LogP contribution >= 0.6 is 11.3 Å². The van der Waals surface area contributed by atoms with Gasteiger partial charge in [0.1, 0.15) is 0 Å². The van der Waals surface area contributed by atoms with Crippen molar-refractivity contribution in [3.63, 3.8) is 0 Å². The highest BCUT2D eigenvalue weighted by molar-refractivity contribution is 7.14. The lowest BCUT2D eigenvalue weighted by Gasteiger charge is -2.16. The molecule has 0 radical (unpaired) electrons. The van der Waals surface area contributed by atoms with E-state index in [4.69, 9.17) is 5.73 Å². The number of hydrogen-bond donors (Lipinski definition) is 2. The Hall–Kier alpha value is -0.870. The van der Waals surface area contributed by atoms with Gasteiger partial charge in [0.25, 0.3) is 5.91 Å². The lowest BCUT2D eigenvalue weighted by Crippen LogP contribution is -2.37. The highest BCUT2D eigenvalue weighted by Gasteiger charge is 2.20. The van der Waals surface area contributed by atoms with Crippen molar-refractivity contribution >= 4 is 17.2 Å². The van der Waals surface area contributed by atoms with Crippen LogP contribution in [0.5, 0.6) is 0 Å². The highest BCUT2D eigenvalue weighted by atomic mass is 32.1. The van der Waals surface area contributed by atoms with Crippen LogP contribution < -0.4 is 11.1 Å². The summed E-state index contributed by atoms with van der Waals surface area (Å²) in [5, 5.41) is 2.91. The predicted octanol–water partition coefficient (Wildman–Crippen LogP) is 1.95. The molecule has 94 valence electrons. The molecule has 0 spiro atoms. The van der Waals surface area contributed by atoms with E-state index >= 15 is 0 Å². The average molecular weight is 252 g/mol. The molecule has 0 fully saturated rings. The molecule has 17 heavy (non-hydrogen) atoms. The van der Waals surface area contributed by atoms with E-state index in [-0.39, 0.29) is 11.9 Å². The molecule has 1 aromatic heterocycles. The Morgan fingerprint density at radius 3 is 3.18 bits per heavy atom. The standard InChI is InChI=1S/C13H20N2OS/c1-8-3-4-11-10(5-8)6-12(17-11)13(16)15-9(2)7-14/h6,8-9H,3-5,7,14H2,1-2H3,(H,15,16)/t8?,9-/m0/s1. The number of amides is 1. The maximum absolute atomic E-state index is 12.0. The summed E-state index contributed by atoms with van der Waals surface area (Å²) in [6.45, 7) is 4.68. The second-order valence-corrected chi connectivity index (χ2v) is 6.15. The fourth-order valence-electron chi connectivity index (χ4n) is 2.17. The smallest absolute Gasteiger partial charge is 0.261 e. The fourth-order valence-corrected chi connectivity index (χ4v) is 3.28.